The molecule has 0 atom stereocenters. The van der Waals surface area contributed by atoms with Gasteiger partial charge in [0.1, 0.15) is 0 Å². The van der Waals surface area contributed by atoms with Crippen molar-refractivity contribution in [2.45, 2.75) is 104 Å². The molecular weight excluding hydrogens is 869 g/mol. The minimum Gasteiger partial charge on any atom is -0.478 e. The molecule has 8 nitrogen and oxygen atoms in total. The summed E-state index contributed by atoms with van der Waals surface area (Å²) >= 11 is 0. The second-order valence-electron chi connectivity index (χ2n) is 10.5. The minimum atomic E-state index is -5.69. The van der Waals surface area contributed by atoms with Crippen LogP contribution in [0.3, 0.4) is 0 Å². The summed E-state index contributed by atoms with van der Waals surface area (Å²) < 4.78 is 173. The van der Waals surface area contributed by atoms with Crippen LogP contribution in [0.25, 0.3) is 0 Å². The Morgan fingerprint density at radius 2 is 0.705 bits per heavy atom. The summed E-state index contributed by atoms with van der Waals surface area (Å²) in [6.07, 6.45) is -27.4. The van der Waals surface area contributed by atoms with Crippen LogP contribution in [0.2, 0.25) is 0 Å². The van der Waals surface area contributed by atoms with Gasteiger partial charge in [0.05, 0.1) is 12.7 Å². The number of alkyl halides is 15. The van der Waals surface area contributed by atoms with Gasteiger partial charge in [0.25, 0.3) is 17.7 Å². The summed E-state index contributed by atoms with van der Waals surface area (Å²) in [4.78, 5) is 28.5. The van der Waals surface area contributed by atoms with Crippen LogP contribution in [0.4, 0.5) is 65.9 Å². The minimum absolute atomic E-state index is 0. The van der Waals surface area contributed by atoms with Gasteiger partial charge in [0.2, 0.25) is 5.78 Å². The van der Waals surface area contributed by atoms with Crippen molar-refractivity contribution in [3.8, 4) is 0 Å². The number of carbonyl (C=O) groups is 3. The van der Waals surface area contributed by atoms with E-state index in [1.54, 1.807) is 30.3 Å². The number of aromatic carboxylic acids is 1. The van der Waals surface area contributed by atoms with Crippen LogP contribution < -0.4 is 0 Å². The van der Waals surface area contributed by atoms with Crippen LogP contribution in [0, 0.1) is 13.8 Å². The number of carboxylic acids is 1. The molecule has 0 unspecified atom stereocenters. The van der Waals surface area contributed by atoms with E-state index in [4.69, 9.17) is 20.1 Å². The lowest BCUT2D eigenvalue weighted by Crippen LogP contribution is -2.54. The first-order valence-electron chi connectivity index (χ1n) is 16.5. The number of aryl methyl sites for hydroxylation is 2. The fourth-order valence-corrected chi connectivity index (χ4v) is 1.97. The molecular formula is C38H51F15O8. The molecule has 0 aliphatic carbocycles. The van der Waals surface area contributed by atoms with Crippen molar-refractivity contribution in [2.24, 2.45) is 0 Å². The predicted octanol–water partition coefficient (Wildman–Crippen LogP) is 11.3. The first-order chi connectivity index (χ1) is 26.9. The molecule has 0 aromatic heterocycles. The maximum Gasteiger partial charge on any atom is 0.449 e. The summed E-state index contributed by atoms with van der Waals surface area (Å²) in [6, 6.07) is 28.8. The van der Waals surface area contributed by atoms with E-state index in [1.807, 2.05) is 64.1 Å². The third-order valence-electron chi connectivity index (χ3n) is 5.61. The summed E-state index contributed by atoms with van der Waals surface area (Å²) in [6.45, 7) is 12.3. The molecule has 5 N–H and O–H groups in total. The van der Waals surface area contributed by atoms with Gasteiger partial charge in [-0.15, -0.1) is 0 Å². The van der Waals surface area contributed by atoms with Gasteiger partial charge in [-0.25, -0.2) is 4.79 Å². The summed E-state index contributed by atoms with van der Waals surface area (Å²) in [5.74, 6) is -2.64. The lowest BCUT2D eigenvalue weighted by atomic mass is 10.1. The largest absolute Gasteiger partial charge is 0.478 e. The van der Waals surface area contributed by atoms with Gasteiger partial charge in [0, 0.05) is 6.92 Å². The van der Waals surface area contributed by atoms with Gasteiger partial charge in [-0.3, -0.25) is 9.59 Å². The van der Waals surface area contributed by atoms with E-state index in [2.05, 4.69) is 42.8 Å². The van der Waals surface area contributed by atoms with Crippen molar-refractivity contribution in [3.63, 3.8) is 0 Å². The third kappa shape index (κ3) is 35.6. The van der Waals surface area contributed by atoms with Gasteiger partial charge in [-0.05, 0) is 39.8 Å². The Morgan fingerprint density at radius 1 is 0.525 bits per heavy atom. The van der Waals surface area contributed by atoms with Crippen molar-refractivity contribution < 1.29 is 106 Å². The number of carboxylic acid groups (broad SMARTS) is 1. The van der Waals surface area contributed by atoms with E-state index in [0.29, 0.717) is 19.0 Å². The second-order valence-corrected chi connectivity index (χ2v) is 10.5. The molecule has 0 heterocycles. The normalized spacial score (nSPS) is 10.7. The van der Waals surface area contributed by atoms with E-state index in [1.165, 1.54) is 18.2 Å². The zero-order valence-corrected chi connectivity index (χ0v) is 34.4. The Balaban J connectivity index is -0.000000111. The molecule has 3 aromatic rings. The highest BCUT2D eigenvalue weighted by molar-refractivity contribution is 5.87. The van der Waals surface area contributed by atoms with Gasteiger partial charge >= 0.3 is 36.9 Å². The van der Waals surface area contributed by atoms with Crippen LogP contribution in [0.1, 0.15) is 70.0 Å². The number of carbonyl (C=O) groups excluding carboxylic acids is 2. The Bertz CT molecular complexity index is 1380. The van der Waals surface area contributed by atoms with E-state index in [9.17, 15) is 75.4 Å². The molecule has 0 aliphatic rings. The van der Waals surface area contributed by atoms with Gasteiger partial charge in [0.15, 0.2) is 0 Å². The van der Waals surface area contributed by atoms with Crippen LogP contribution in [0.15, 0.2) is 91.0 Å². The number of rotatable bonds is 2. The van der Waals surface area contributed by atoms with Crippen molar-refractivity contribution in [2.75, 3.05) is 7.11 Å². The zero-order chi connectivity index (χ0) is 49.4. The molecule has 0 amide bonds. The van der Waals surface area contributed by atoms with E-state index in [0.717, 1.165) is 0 Å². The average Bonchev–Trinajstić information content (AvgIpc) is 3.13. The molecule has 0 saturated carbocycles. The van der Waals surface area contributed by atoms with Crippen molar-refractivity contribution in [1.29, 1.82) is 0 Å². The molecule has 356 valence electrons. The highest BCUT2D eigenvalue weighted by Crippen LogP contribution is 2.43. The van der Waals surface area contributed by atoms with Gasteiger partial charge < -0.3 is 25.5 Å². The lowest BCUT2D eigenvalue weighted by molar-refractivity contribution is -0.361. The fraction of sp³-hybridized carbons (Fsp3) is 0.447. The molecule has 61 heavy (non-hydrogen) atoms. The quantitative estimate of drug-likeness (QED) is 0.171. The Morgan fingerprint density at radius 3 is 0.770 bits per heavy atom. The SMILES string of the molecule is CC.CC.CC(=O)C(F)(F)F.CC(O)(C(F)(F)F)C(F)(F)F.CC(O)(C(F)(F)F)C(F)(F)F.COC=O.Cc1ccccc1.Cc1ccccc1.O.O=C(O)c1ccccc1. The highest BCUT2D eigenvalue weighted by atomic mass is 19.4. The van der Waals surface area contributed by atoms with Crippen LogP contribution in [-0.4, -0.2) is 88.2 Å². The predicted molar refractivity (Wildman–Crippen MR) is 197 cm³/mol. The second kappa shape index (κ2) is 33.8. The Labute approximate surface area is 343 Å². The topological polar surface area (TPSA) is 153 Å². The van der Waals surface area contributed by atoms with Gasteiger partial charge in [-0.1, -0.05) is 118 Å². The Hall–Kier alpha value is -4.90. The number of halogens is 15. The van der Waals surface area contributed by atoms with E-state index < -0.39 is 53.8 Å². The molecule has 3 aromatic carbocycles. The molecule has 0 bridgehead atoms. The molecule has 0 radical (unpaired) electrons. The molecule has 0 fully saturated rings. The maximum absolute atomic E-state index is 11.4. The van der Waals surface area contributed by atoms with Crippen molar-refractivity contribution in [1.82, 2.24) is 0 Å². The fourth-order valence-electron chi connectivity index (χ4n) is 1.97. The van der Waals surface area contributed by atoms with E-state index >= 15 is 0 Å². The first kappa shape index (κ1) is 70.6. The number of ether oxygens (including phenoxy) is 1. The highest BCUT2D eigenvalue weighted by Gasteiger charge is 2.67. The summed E-state index contributed by atoms with van der Waals surface area (Å²) in [5, 5.41) is 24.3. The van der Waals surface area contributed by atoms with Crippen molar-refractivity contribution >= 4 is 18.2 Å². The van der Waals surface area contributed by atoms with Crippen molar-refractivity contribution in [3.05, 3.63) is 108 Å². The smallest absolute Gasteiger partial charge is 0.449 e. The summed E-state index contributed by atoms with van der Waals surface area (Å²) in [7, 11) is 1.31. The Kier molecular flexibility index (Phi) is 39.1. The number of Topliss-reactive ketones (excluding diaryl/α,β-unsaturated/α-hetero) is 1. The number of hydrogen-bond donors (Lipinski definition) is 3. The average molecular weight is 921 g/mol. The van der Waals surface area contributed by atoms with Crippen LogP contribution in [0.5, 0.6) is 0 Å². The number of benzene rings is 3. The molecule has 23 heteroatoms. The molecule has 3 rings (SSSR count). The molecule has 0 saturated heterocycles. The van der Waals surface area contributed by atoms with Gasteiger partial charge in [-0.2, -0.15) is 65.9 Å². The zero-order valence-electron chi connectivity index (χ0n) is 34.4. The first-order valence-corrected chi connectivity index (χ1v) is 16.5. The molecule has 0 spiro atoms. The van der Waals surface area contributed by atoms with E-state index in [-0.39, 0.29) is 19.3 Å². The number of aliphatic hydroxyl groups is 2. The lowest BCUT2D eigenvalue weighted by Gasteiger charge is -2.28. The number of hydrogen-bond acceptors (Lipinski definition) is 6. The van der Waals surface area contributed by atoms with Crippen LogP contribution >= 0.6 is 0 Å². The third-order valence-corrected chi connectivity index (χ3v) is 5.61. The maximum atomic E-state index is 11.4. The number of ketones is 1. The number of methoxy groups -OCH3 is 1. The van der Waals surface area contributed by atoms with Crippen LogP contribution in [-0.2, 0) is 14.3 Å². The molecule has 0 aliphatic heterocycles. The summed E-state index contributed by atoms with van der Waals surface area (Å²) in [5.41, 5.74) is -6.28. The monoisotopic (exact) mass is 920 g/mol. The standard InChI is InChI=1S/C7H6O2.2C7H8.2C4H4F6O.C3H3F3O.C2H4O2.2C2H6.H2O/c8-7(9)6-4-2-1-3-5-6;2*1-7-5-3-2-4-6-7;2*1-2(11,3(5,6)7)4(8,9)10;1-2(7)3(4,5)6;1-4-2-3;2*1-2;/h1-5H,(H,8,9);2*2-6H,1H3;2*11H,1H3;1H3;2H,1H3;2*1-2H3;1H2.